The highest BCUT2D eigenvalue weighted by molar-refractivity contribution is 5.48. The van der Waals surface area contributed by atoms with Gasteiger partial charge in [-0.3, -0.25) is 4.90 Å². The first-order chi connectivity index (χ1) is 12.3. The second-order valence-electron chi connectivity index (χ2n) is 5.95. The van der Waals surface area contributed by atoms with Crippen molar-refractivity contribution in [1.82, 2.24) is 4.90 Å². The summed E-state index contributed by atoms with van der Waals surface area (Å²) in [5.41, 5.74) is 2.77. The van der Waals surface area contributed by atoms with Crippen molar-refractivity contribution in [3.8, 4) is 11.8 Å². The Morgan fingerprint density at radius 1 is 1.08 bits per heavy atom. The van der Waals surface area contributed by atoms with Crippen molar-refractivity contribution in [3.63, 3.8) is 0 Å². The summed E-state index contributed by atoms with van der Waals surface area (Å²) in [6.45, 7) is 5.85. The van der Waals surface area contributed by atoms with Crippen LogP contribution in [0.25, 0.3) is 0 Å². The molecule has 1 saturated heterocycles. The molecule has 3 rings (SSSR count). The molecular formula is C20H23N3O2. The predicted octanol–water partition coefficient (Wildman–Crippen LogP) is 2.88. The standard InChI is InChI=1S/C20H23N3O2/c21-15-17-5-7-19(8-6-17)22-16-18-3-1-2-4-20(18)25-14-11-23-9-12-24-13-10-23/h1-8,22H,9-14,16H2. The van der Waals surface area contributed by atoms with E-state index in [0.717, 1.165) is 49.8 Å². The minimum atomic E-state index is 0.664. The van der Waals surface area contributed by atoms with E-state index < -0.39 is 0 Å². The number of anilines is 1. The molecule has 1 heterocycles. The fourth-order valence-electron chi connectivity index (χ4n) is 2.76. The molecule has 0 unspecified atom stereocenters. The highest BCUT2D eigenvalue weighted by atomic mass is 16.5. The first-order valence-electron chi connectivity index (χ1n) is 8.60. The van der Waals surface area contributed by atoms with E-state index in [1.807, 2.05) is 42.5 Å². The molecule has 0 spiro atoms. The van der Waals surface area contributed by atoms with Crippen molar-refractivity contribution in [2.45, 2.75) is 6.54 Å². The lowest BCUT2D eigenvalue weighted by molar-refractivity contribution is 0.0322. The zero-order valence-corrected chi connectivity index (χ0v) is 14.3. The molecule has 1 fully saturated rings. The van der Waals surface area contributed by atoms with Crippen molar-refractivity contribution < 1.29 is 9.47 Å². The third-order valence-electron chi connectivity index (χ3n) is 4.24. The topological polar surface area (TPSA) is 57.5 Å². The number of ether oxygens (including phenoxy) is 2. The van der Waals surface area contributed by atoms with Crippen molar-refractivity contribution in [2.24, 2.45) is 0 Å². The van der Waals surface area contributed by atoms with Gasteiger partial charge in [-0.25, -0.2) is 0 Å². The summed E-state index contributed by atoms with van der Waals surface area (Å²) in [4.78, 5) is 2.36. The highest BCUT2D eigenvalue weighted by Gasteiger charge is 2.10. The quantitative estimate of drug-likeness (QED) is 0.842. The molecule has 25 heavy (non-hydrogen) atoms. The largest absolute Gasteiger partial charge is 0.492 e. The van der Waals surface area contributed by atoms with Gasteiger partial charge in [-0.1, -0.05) is 18.2 Å². The normalized spacial score (nSPS) is 14.7. The zero-order valence-electron chi connectivity index (χ0n) is 14.3. The summed E-state index contributed by atoms with van der Waals surface area (Å²) in [5.74, 6) is 0.914. The van der Waals surface area contributed by atoms with Gasteiger partial charge in [0.25, 0.3) is 0 Å². The molecule has 1 aliphatic heterocycles. The number of hydrogen-bond donors (Lipinski definition) is 1. The maximum atomic E-state index is 8.85. The molecular weight excluding hydrogens is 314 g/mol. The third kappa shape index (κ3) is 5.21. The van der Waals surface area contributed by atoms with Gasteiger partial charge in [-0.2, -0.15) is 5.26 Å². The van der Waals surface area contributed by atoms with Crippen molar-refractivity contribution in [2.75, 3.05) is 44.8 Å². The molecule has 0 aromatic heterocycles. The van der Waals surface area contributed by atoms with Crippen LogP contribution in [0.5, 0.6) is 5.75 Å². The summed E-state index contributed by atoms with van der Waals surface area (Å²) in [6.07, 6.45) is 0. The molecule has 0 amide bonds. The minimum absolute atomic E-state index is 0.664. The van der Waals surface area contributed by atoms with Crippen molar-refractivity contribution in [3.05, 3.63) is 59.7 Å². The molecule has 2 aromatic carbocycles. The maximum Gasteiger partial charge on any atom is 0.124 e. The average Bonchev–Trinajstić information content (AvgIpc) is 2.68. The highest BCUT2D eigenvalue weighted by Crippen LogP contribution is 2.20. The van der Waals surface area contributed by atoms with Crippen LogP contribution >= 0.6 is 0 Å². The molecule has 5 nitrogen and oxygen atoms in total. The Balaban J connectivity index is 1.52. The van der Waals surface area contributed by atoms with Crippen LogP contribution in [0.2, 0.25) is 0 Å². The molecule has 0 bridgehead atoms. The van der Waals surface area contributed by atoms with E-state index in [9.17, 15) is 0 Å². The maximum absolute atomic E-state index is 8.85. The van der Waals surface area contributed by atoms with E-state index in [4.69, 9.17) is 14.7 Å². The summed E-state index contributed by atoms with van der Waals surface area (Å²) < 4.78 is 11.4. The van der Waals surface area contributed by atoms with Gasteiger partial charge in [-0.15, -0.1) is 0 Å². The van der Waals surface area contributed by atoms with Crippen LogP contribution in [-0.2, 0) is 11.3 Å². The van der Waals surface area contributed by atoms with Gasteiger partial charge in [-0.05, 0) is 30.3 Å². The lowest BCUT2D eigenvalue weighted by atomic mass is 10.2. The van der Waals surface area contributed by atoms with Gasteiger partial charge < -0.3 is 14.8 Å². The summed E-state index contributed by atoms with van der Waals surface area (Å²) >= 11 is 0. The van der Waals surface area contributed by atoms with Gasteiger partial charge in [0.1, 0.15) is 12.4 Å². The molecule has 5 heteroatoms. The van der Waals surface area contributed by atoms with E-state index in [-0.39, 0.29) is 0 Å². The molecule has 0 saturated carbocycles. The lowest BCUT2D eigenvalue weighted by Crippen LogP contribution is -2.38. The Kier molecular flexibility index (Phi) is 6.27. The molecule has 1 N–H and O–H groups in total. The number of hydrogen-bond acceptors (Lipinski definition) is 5. The fourth-order valence-corrected chi connectivity index (χ4v) is 2.76. The molecule has 130 valence electrons. The van der Waals surface area contributed by atoms with Crippen molar-refractivity contribution >= 4 is 5.69 Å². The van der Waals surface area contributed by atoms with E-state index in [1.54, 1.807) is 0 Å². The number of nitriles is 1. The van der Waals surface area contributed by atoms with Crippen LogP contribution in [0.1, 0.15) is 11.1 Å². The Morgan fingerprint density at radius 2 is 1.84 bits per heavy atom. The van der Waals surface area contributed by atoms with Crippen molar-refractivity contribution in [1.29, 1.82) is 5.26 Å². The Labute approximate surface area is 148 Å². The molecule has 2 aromatic rings. The third-order valence-corrected chi connectivity index (χ3v) is 4.24. The fraction of sp³-hybridized carbons (Fsp3) is 0.350. The van der Waals surface area contributed by atoms with E-state index in [0.29, 0.717) is 18.7 Å². The smallest absolute Gasteiger partial charge is 0.124 e. The van der Waals surface area contributed by atoms with Crippen LogP contribution in [0.4, 0.5) is 5.69 Å². The minimum Gasteiger partial charge on any atom is -0.492 e. The number of benzene rings is 2. The Hall–Kier alpha value is -2.55. The summed E-state index contributed by atoms with van der Waals surface area (Å²) in [7, 11) is 0. The van der Waals surface area contributed by atoms with E-state index >= 15 is 0 Å². The molecule has 0 atom stereocenters. The van der Waals surface area contributed by atoms with Crippen LogP contribution in [0.3, 0.4) is 0 Å². The average molecular weight is 337 g/mol. The number of nitrogens with one attached hydrogen (secondary N) is 1. The van der Waals surface area contributed by atoms with Crippen LogP contribution in [0.15, 0.2) is 48.5 Å². The second kappa shape index (κ2) is 9.07. The second-order valence-corrected chi connectivity index (χ2v) is 5.95. The predicted molar refractivity (Wildman–Crippen MR) is 97.7 cm³/mol. The molecule has 1 aliphatic rings. The van der Waals surface area contributed by atoms with Gasteiger partial charge in [0.05, 0.1) is 24.8 Å². The Bertz CT molecular complexity index is 704. The van der Waals surface area contributed by atoms with Gasteiger partial charge >= 0.3 is 0 Å². The Morgan fingerprint density at radius 3 is 2.60 bits per heavy atom. The van der Waals surface area contributed by atoms with Gasteiger partial charge in [0.2, 0.25) is 0 Å². The van der Waals surface area contributed by atoms with E-state index in [1.165, 1.54) is 0 Å². The lowest BCUT2D eigenvalue weighted by Gasteiger charge is -2.26. The monoisotopic (exact) mass is 337 g/mol. The molecule has 0 radical (unpaired) electrons. The van der Waals surface area contributed by atoms with Crippen LogP contribution in [-0.4, -0.2) is 44.4 Å². The van der Waals surface area contributed by atoms with E-state index in [2.05, 4.69) is 22.4 Å². The van der Waals surface area contributed by atoms with Gasteiger partial charge in [0.15, 0.2) is 0 Å². The zero-order chi connectivity index (χ0) is 17.3. The number of nitrogens with zero attached hydrogens (tertiary/aromatic N) is 2. The summed E-state index contributed by atoms with van der Waals surface area (Å²) in [5, 5.41) is 12.2. The van der Waals surface area contributed by atoms with Crippen LogP contribution in [0, 0.1) is 11.3 Å². The number of rotatable bonds is 7. The summed E-state index contributed by atoms with van der Waals surface area (Å²) in [6, 6.07) is 17.7. The first-order valence-corrected chi connectivity index (χ1v) is 8.60. The number of morpholine rings is 1. The molecule has 0 aliphatic carbocycles. The SMILES string of the molecule is N#Cc1ccc(NCc2ccccc2OCCN2CCOCC2)cc1. The van der Waals surface area contributed by atoms with Crippen LogP contribution < -0.4 is 10.1 Å². The first kappa shape index (κ1) is 17.3. The van der Waals surface area contributed by atoms with Gasteiger partial charge in [0, 0.05) is 37.4 Å². The number of para-hydroxylation sites is 1.